The summed E-state index contributed by atoms with van der Waals surface area (Å²) in [5.41, 5.74) is 6.55. The highest BCUT2D eigenvalue weighted by Gasteiger charge is 2.54. The number of aliphatic hydroxyl groups excluding tert-OH is 1. The molecule has 0 saturated heterocycles. The molecule has 0 bridgehead atoms. The summed E-state index contributed by atoms with van der Waals surface area (Å²) in [5, 5.41) is 10.2. The number of carbonyl (C=O) groups excluding carboxylic acids is 1. The molecule has 0 heterocycles. The maximum atomic E-state index is 11.8. The molecule has 0 aromatic carbocycles. The van der Waals surface area contributed by atoms with Gasteiger partial charge in [0.15, 0.2) is 0 Å². The SMILES string of the molecule is CC1=CC[C@@]2(C[C@@H]1O)[C@@H](C(N)=O)CC[C@H]2C(C)C. The predicted molar refractivity (Wildman–Crippen MR) is 71.7 cm³/mol. The summed E-state index contributed by atoms with van der Waals surface area (Å²) >= 11 is 0. The van der Waals surface area contributed by atoms with Crippen LogP contribution < -0.4 is 5.73 Å². The largest absolute Gasteiger partial charge is 0.389 e. The molecule has 0 radical (unpaired) electrons. The minimum absolute atomic E-state index is 0.0658. The molecule has 0 aliphatic heterocycles. The molecule has 0 aromatic rings. The first-order valence-electron chi connectivity index (χ1n) is 7.02. The molecular weight excluding hydrogens is 226 g/mol. The molecule has 2 rings (SSSR count). The van der Waals surface area contributed by atoms with Crippen molar-refractivity contribution < 1.29 is 9.90 Å². The van der Waals surface area contributed by atoms with Crippen LogP contribution in [0.3, 0.4) is 0 Å². The highest BCUT2D eigenvalue weighted by molar-refractivity contribution is 5.78. The number of allylic oxidation sites excluding steroid dienone is 1. The maximum Gasteiger partial charge on any atom is 0.221 e. The lowest BCUT2D eigenvalue weighted by Crippen LogP contribution is -2.44. The first-order valence-corrected chi connectivity index (χ1v) is 7.02. The monoisotopic (exact) mass is 251 g/mol. The topological polar surface area (TPSA) is 63.3 Å². The fourth-order valence-electron chi connectivity index (χ4n) is 4.28. The van der Waals surface area contributed by atoms with Gasteiger partial charge in [-0.1, -0.05) is 19.9 Å². The molecular formula is C15H25NO2. The Labute approximate surface area is 109 Å². The van der Waals surface area contributed by atoms with Gasteiger partial charge in [-0.05, 0) is 55.4 Å². The van der Waals surface area contributed by atoms with Crippen LogP contribution in [-0.4, -0.2) is 17.1 Å². The second kappa shape index (κ2) is 4.69. The predicted octanol–water partition coefficient (Wildman–Crippen LogP) is 2.24. The van der Waals surface area contributed by atoms with Crippen molar-refractivity contribution in [3.05, 3.63) is 11.6 Å². The summed E-state index contributed by atoms with van der Waals surface area (Å²) in [5.74, 6) is 0.782. The fraction of sp³-hybridized carbons (Fsp3) is 0.800. The smallest absolute Gasteiger partial charge is 0.221 e. The summed E-state index contributed by atoms with van der Waals surface area (Å²) in [7, 11) is 0. The van der Waals surface area contributed by atoms with Crippen LogP contribution in [0.4, 0.5) is 0 Å². The zero-order valence-electron chi connectivity index (χ0n) is 11.6. The van der Waals surface area contributed by atoms with E-state index in [-0.39, 0.29) is 17.2 Å². The minimum Gasteiger partial charge on any atom is -0.389 e. The van der Waals surface area contributed by atoms with Gasteiger partial charge in [0, 0.05) is 5.92 Å². The van der Waals surface area contributed by atoms with Crippen LogP contribution in [0.1, 0.15) is 46.5 Å². The Morgan fingerprint density at radius 3 is 2.67 bits per heavy atom. The van der Waals surface area contributed by atoms with E-state index in [1.165, 1.54) is 0 Å². The number of hydrogen-bond acceptors (Lipinski definition) is 2. The van der Waals surface area contributed by atoms with Crippen molar-refractivity contribution in [1.82, 2.24) is 0 Å². The van der Waals surface area contributed by atoms with E-state index in [4.69, 9.17) is 5.73 Å². The number of aliphatic hydroxyl groups is 1. The van der Waals surface area contributed by atoms with Crippen LogP contribution in [0, 0.1) is 23.2 Å². The maximum absolute atomic E-state index is 11.8. The first kappa shape index (κ1) is 13.6. The third kappa shape index (κ3) is 1.99. The lowest BCUT2D eigenvalue weighted by atomic mass is 9.60. The Balaban J connectivity index is 2.37. The molecule has 1 saturated carbocycles. The van der Waals surface area contributed by atoms with Gasteiger partial charge >= 0.3 is 0 Å². The van der Waals surface area contributed by atoms with Gasteiger partial charge in [0.25, 0.3) is 0 Å². The van der Waals surface area contributed by atoms with Crippen LogP contribution in [0.25, 0.3) is 0 Å². The molecule has 0 aromatic heterocycles. The van der Waals surface area contributed by atoms with Gasteiger partial charge in [0.05, 0.1) is 6.10 Å². The van der Waals surface area contributed by atoms with Crippen LogP contribution in [0.15, 0.2) is 11.6 Å². The van der Waals surface area contributed by atoms with Gasteiger partial charge in [0.2, 0.25) is 5.91 Å². The van der Waals surface area contributed by atoms with E-state index in [2.05, 4.69) is 19.9 Å². The average molecular weight is 251 g/mol. The molecule has 2 aliphatic carbocycles. The Morgan fingerprint density at radius 2 is 2.17 bits per heavy atom. The zero-order valence-corrected chi connectivity index (χ0v) is 11.6. The number of primary amides is 1. The fourth-order valence-corrected chi connectivity index (χ4v) is 4.28. The highest BCUT2D eigenvalue weighted by atomic mass is 16.3. The van der Waals surface area contributed by atoms with Crippen LogP contribution in [-0.2, 0) is 4.79 Å². The molecule has 1 fully saturated rings. The molecule has 2 aliphatic rings. The van der Waals surface area contributed by atoms with E-state index in [9.17, 15) is 9.90 Å². The number of rotatable bonds is 2. The molecule has 1 spiro atoms. The number of carbonyl (C=O) groups is 1. The van der Waals surface area contributed by atoms with Gasteiger partial charge in [0.1, 0.15) is 0 Å². The number of nitrogens with two attached hydrogens (primary N) is 1. The van der Waals surface area contributed by atoms with Crippen molar-refractivity contribution >= 4 is 5.91 Å². The molecule has 0 unspecified atom stereocenters. The van der Waals surface area contributed by atoms with Gasteiger partial charge < -0.3 is 10.8 Å². The normalized spacial score (nSPS) is 40.3. The van der Waals surface area contributed by atoms with Crippen molar-refractivity contribution in [2.45, 2.75) is 52.6 Å². The van der Waals surface area contributed by atoms with E-state index in [1.54, 1.807) is 0 Å². The zero-order chi connectivity index (χ0) is 13.5. The summed E-state index contributed by atoms with van der Waals surface area (Å²) in [4.78, 5) is 11.8. The van der Waals surface area contributed by atoms with E-state index in [0.29, 0.717) is 18.3 Å². The van der Waals surface area contributed by atoms with Crippen LogP contribution >= 0.6 is 0 Å². The quantitative estimate of drug-likeness (QED) is 0.739. The summed E-state index contributed by atoms with van der Waals surface area (Å²) in [6.45, 7) is 6.40. The van der Waals surface area contributed by atoms with Crippen molar-refractivity contribution in [2.75, 3.05) is 0 Å². The Morgan fingerprint density at radius 1 is 1.50 bits per heavy atom. The van der Waals surface area contributed by atoms with E-state index >= 15 is 0 Å². The van der Waals surface area contributed by atoms with Gasteiger partial charge in [-0.25, -0.2) is 0 Å². The molecule has 3 N–H and O–H groups in total. The number of amides is 1. The molecule has 4 atom stereocenters. The van der Waals surface area contributed by atoms with Gasteiger partial charge in [-0.15, -0.1) is 0 Å². The Bertz CT molecular complexity index is 375. The average Bonchev–Trinajstić information content (AvgIpc) is 2.63. The highest BCUT2D eigenvalue weighted by Crippen LogP contribution is 2.57. The summed E-state index contributed by atoms with van der Waals surface area (Å²) < 4.78 is 0. The van der Waals surface area contributed by atoms with E-state index < -0.39 is 6.10 Å². The van der Waals surface area contributed by atoms with Crippen LogP contribution in [0.5, 0.6) is 0 Å². The molecule has 3 heteroatoms. The molecule has 102 valence electrons. The third-order valence-corrected chi connectivity index (χ3v) is 5.25. The summed E-state index contributed by atoms with van der Waals surface area (Å²) in [6, 6.07) is 0. The second-order valence-corrected chi connectivity index (χ2v) is 6.49. The van der Waals surface area contributed by atoms with Crippen molar-refractivity contribution in [3.63, 3.8) is 0 Å². The Kier molecular flexibility index (Phi) is 3.54. The lowest BCUT2D eigenvalue weighted by Gasteiger charge is -2.44. The van der Waals surface area contributed by atoms with Crippen molar-refractivity contribution in [3.8, 4) is 0 Å². The molecule has 18 heavy (non-hydrogen) atoms. The van der Waals surface area contributed by atoms with Crippen molar-refractivity contribution in [2.24, 2.45) is 28.9 Å². The minimum atomic E-state index is -0.403. The molecule has 1 amide bonds. The third-order valence-electron chi connectivity index (χ3n) is 5.25. The standard InChI is InChI=1S/C15H25NO2/c1-9(2)11-4-5-12(14(16)18)15(11)7-6-10(3)13(17)8-15/h6,9,11-13,17H,4-5,7-8H2,1-3H3,(H2,16,18)/t11-,12+,13-,15-/m0/s1. The van der Waals surface area contributed by atoms with Gasteiger partial charge in [-0.3, -0.25) is 4.79 Å². The van der Waals surface area contributed by atoms with Gasteiger partial charge in [-0.2, -0.15) is 0 Å². The Hall–Kier alpha value is -0.830. The number of hydrogen-bond donors (Lipinski definition) is 2. The van der Waals surface area contributed by atoms with E-state index in [1.807, 2.05) is 6.92 Å². The lowest BCUT2D eigenvalue weighted by molar-refractivity contribution is -0.127. The van der Waals surface area contributed by atoms with Crippen molar-refractivity contribution in [1.29, 1.82) is 0 Å². The van der Waals surface area contributed by atoms with Crippen LogP contribution in [0.2, 0.25) is 0 Å². The second-order valence-electron chi connectivity index (χ2n) is 6.49. The summed E-state index contributed by atoms with van der Waals surface area (Å²) in [6.07, 6.45) is 5.26. The first-order chi connectivity index (χ1) is 8.38. The van der Waals surface area contributed by atoms with E-state index in [0.717, 1.165) is 24.8 Å². The molecule has 3 nitrogen and oxygen atoms in total.